The fraction of sp³-hybridized carbons (Fsp3) is 0.370. The third kappa shape index (κ3) is 5.50. The highest BCUT2D eigenvalue weighted by Gasteiger charge is 2.41. The second kappa shape index (κ2) is 11.1. The maximum Gasteiger partial charge on any atom is 0.433 e. The Kier molecular flexibility index (Phi) is 7.48. The molecule has 0 saturated carbocycles. The number of rotatable bonds is 5. The van der Waals surface area contributed by atoms with Gasteiger partial charge in [-0.05, 0) is 37.6 Å². The van der Waals surface area contributed by atoms with Crippen LogP contribution < -0.4 is 10.6 Å². The average molecular weight is 618 g/mol. The molecule has 43 heavy (non-hydrogen) atoms. The van der Waals surface area contributed by atoms with E-state index in [1.54, 1.807) is 28.0 Å². The van der Waals surface area contributed by atoms with Gasteiger partial charge in [0.25, 0.3) is 11.8 Å². The van der Waals surface area contributed by atoms with Crippen LogP contribution in [-0.4, -0.2) is 96.2 Å². The number of anilines is 2. The summed E-state index contributed by atoms with van der Waals surface area (Å²) in [5, 5.41) is 22.6. The van der Waals surface area contributed by atoms with Crippen molar-refractivity contribution in [2.24, 2.45) is 0 Å². The number of alkyl halides is 3. The number of carbonyl (C=O) groups is 2. The van der Waals surface area contributed by atoms with Gasteiger partial charge in [-0.2, -0.15) is 18.3 Å². The summed E-state index contributed by atoms with van der Waals surface area (Å²) in [6.45, 7) is 2.18. The molecule has 2 saturated heterocycles. The number of aromatic amines is 1. The van der Waals surface area contributed by atoms with E-state index in [2.05, 4.69) is 25.7 Å². The number of nitrogens with one attached hydrogen (secondary N) is 3. The van der Waals surface area contributed by atoms with Gasteiger partial charge in [0, 0.05) is 50.8 Å². The SMILES string of the molecule is O=C(c1ccc(Nc2nccn3c(-c4cn[nH]c4C(F)(F)F)cnc23)cc1Cl)N1CCN(C(=O)C2(O)CCCNC2)CC1. The first-order valence-electron chi connectivity index (χ1n) is 13.6. The highest BCUT2D eigenvalue weighted by atomic mass is 35.5. The van der Waals surface area contributed by atoms with E-state index in [9.17, 15) is 27.9 Å². The summed E-state index contributed by atoms with van der Waals surface area (Å²) in [5.74, 6) is -0.351. The number of amides is 2. The minimum absolute atomic E-state index is 0.157. The lowest BCUT2D eigenvalue weighted by Gasteiger charge is -2.40. The first kappa shape index (κ1) is 28.9. The third-order valence-corrected chi connectivity index (χ3v) is 8.02. The molecule has 0 bridgehead atoms. The molecule has 2 fully saturated rings. The van der Waals surface area contributed by atoms with Crippen LogP contribution in [0.2, 0.25) is 5.02 Å². The van der Waals surface area contributed by atoms with Crippen LogP contribution in [0.5, 0.6) is 0 Å². The van der Waals surface area contributed by atoms with Gasteiger partial charge in [0.1, 0.15) is 5.69 Å². The molecule has 226 valence electrons. The van der Waals surface area contributed by atoms with E-state index in [-0.39, 0.29) is 51.7 Å². The first-order chi connectivity index (χ1) is 20.5. The van der Waals surface area contributed by atoms with E-state index in [1.165, 1.54) is 23.0 Å². The van der Waals surface area contributed by atoms with Gasteiger partial charge in [0.05, 0.1) is 34.2 Å². The van der Waals surface area contributed by atoms with Crippen molar-refractivity contribution in [3.05, 3.63) is 59.3 Å². The monoisotopic (exact) mass is 617 g/mol. The van der Waals surface area contributed by atoms with Crippen molar-refractivity contribution in [3.8, 4) is 11.3 Å². The molecule has 0 spiro atoms. The number of β-amino-alcohol motifs (C(OH)–C–C–N with tert-alkyl or cyclic N) is 1. The second-order valence-corrected chi connectivity index (χ2v) is 10.9. The molecule has 12 nitrogen and oxygen atoms in total. The number of aliphatic hydroxyl groups is 1. The summed E-state index contributed by atoms with van der Waals surface area (Å²) < 4.78 is 41.7. The molecule has 0 aliphatic carbocycles. The zero-order valence-electron chi connectivity index (χ0n) is 22.7. The summed E-state index contributed by atoms with van der Waals surface area (Å²) in [4.78, 5) is 37.9. The number of benzene rings is 1. The van der Waals surface area contributed by atoms with Crippen LogP contribution in [-0.2, 0) is 11.0 Å². The Morgan fingerprint density at radius 1 is 1.09 bits per heavy atom. The second-order valence-electron chi connectivity index (χ2n) is 10.5. The van der Waals surface area contributed by atoms with Crippen molar-refractivity contribution in [1.82, 2.24) is 39.7 Å². The number of hydrogen-bond donors (Lipinski definition) is 4. The molecule has 1 unspecified atom stereocenters. The van der Waals surface area contributed by atoms with Gasteiger partial charge < -0.3 is 25.5 Å². The number of aromatic nitrogens is 5. The van der Waals surface area contributed by atoms with E-state index in [0.29, 0.717) is 44.7 Å². The van der Waals surface area contributed by atoms with Crippen molar-refractivity contribution < 1.29 is 27.9 Å². The minimum atomic E-state index is -4.63. The van der Waals surface area contributed by atoms with Crippen LogP contribution in [0.3, 0.4) is 0 Å². The number of piperidine rings is 1. The van der Waals surface area contributed by atoms with E-state index in [1.807, 2.05) is 5.10 Å². The Bertz CT molecular complexity index is 1670. The fourth-order valence-electron chi connectivity index (χ4n) is 5.46. The molecule has 2 aliphatic heterocycles. The van der Waals surface area contributed by atoms with Crippen LogP contribution in [0.4, 0.5) is 24.7 Å². The molecule has 2 aliphatic rings. The summed E-state index contributed by atoms with van der Waals surface area (Å²) in [7, 11) is 0. The van der Waals surface area contributed by atoms with E-state index >= 15 is 0 Å². The molecular weight excluding hydrogens is 591 g/mol. The van der Waals surface area contributed by atoms with Crippen LogP contribution in [0.1, 0.15) is 28.9 Å². The predicted octanol–water partition coefficient (Wildman–Crippen LogP) is 2.93. The number of nitrogens with zero attached hydrogens (tertiary/aromatic N) is 6. The molecule has 4 N–H and O–H groups in total. The standard InChI is InChI=1S/C27H27ClF3N9O3/c28-19-12-16(36-22-23-34-14-20(40(23)7-6-33-22)18-13-35-37-21(18)27(29,30)31)2-3-17(19)24(41)38-8-10-39(11-9-38)25(42)26(43)4-1-5-32-15-26/h2-3,6-7,12-14,32,43H,1,4-5,8-11,15H2,(H,33,36)(H,35,37). The zero-order valence-corrected chi connectivity index (χ0v) is 23.4. The van der Waals surface area contributed by atoms with E-state index in [0.717, 1.165) is 12.7 Å². The molecule has 2 amide bonds. The lowest BCUT2D eigenvalue weighted by atomic mass is 9.92. The zero-order chi connectivity index (χ0) is 30.4. The lowest BCUT2D eigenvalue weighted by Crippen LogP contribution is -2.60. The smallest absolute Gasteiger partial charge is 0.379 e. The van der Waals surface area contributed by atoms with Crippen LogP contribution in [0.25, 0.3) is 16.9 Å². The van der Waals surface area contributed by atoms with Crippen molar-refractivity contribution in [3.63, 3.8) is 0 Å². The Hall–Kier alpha value is -4.21. The molecule has 4 aromatic rings. The van der Waals surface area contributed by atoms with Gasteiger partial charge in [0.2, 0.25) is 0 Å². The molecule has 3 aromatic heterocycles. The maximum atomic E-state index is 13.4. The van der Waals surface area contributed by atoms with Crippen LogP contribution in [0, 0.1) is 0 Å². The number of imidazole rings is 1. The highest BCUT2D eigenvalue weighted by molar-refractivity contribution is 6.34. The number of H-pyrrole nitrogens is 1. The normalized spacial score (nSPS) is 19.6. The fourth-order valence-corrected chi connectivity index (χ4v) is 5.72. The van der Waals surface area contributed by atoms with Crippen molar-refractivity contribution >= 4 is 40.6 Å². The van der Waals surface area contributed by atoms with Gasteiger partial charge in [-0.1, -0.05) is 11.6 Å². The van der Waals surface area contributed by atoms with E-state index in [4.69, 9.17) is 11.6 Å². The van der Waals surface area contributed by atoms with Gasteiger partial charge in [0.15, 0.2) is 17.1 Å². The first-order valence-corrected chi connectivity index (χ1v) is 13.9. The quantitative estimate of drug-likeness (QED) is 0.268. The molecule has 1 aromatic carbocycles. The maximum absolute atomic E-state index is 13.4. The largest absolute Gasteiger partial charge is 0.433 e. The van der Waals surface area contributed by atoms with Gasteiger partial charge in [-0.25, -0.2) is 9.97 Å². The minimum Gasteiger partial charge on any atom is -0.379 e. The Labute approximate surface area is 247 Å². The molecule has 16 heteroatoms. The lowest BCUT2D eigenvalue weighted by molar-refractivity contribution is -0.154. The summed E-state index contributed by atoms with van der Waals surface area (Å²) >= 11 is 6.51. The Balaban J connectivity index is 1.15. The Morgan fingerprint density at radius 3 is 2.56 bits per heavy atom. The van der Waals surface area contributed by atoms with Gasteiger partial charge in [-0.15, -0.1) is 0 Å². The topological polar surface area (TPSA) is 144 Å². The molecule has 0 radical (unpaired) electrons. The number of piperazine rings is 1. The van der Waals surface area contributed by atoms with Crippen molar-refractivity contribution in [2.75, 3.05) is 44.6 Å². The summed E-state index contributed by atoms with van der Waals surface area (Å²) in [5.41, 5.74) is -1.36. The van der Waals surface area contributed by atoms with Crippen molar-refractivity contribution in [1.29, 1.82) is 0 Å². The summed E-state index contributed by atoms with van der Waals surface area (Å²) in [6.07, 6.45) is 1.79. The molecule has 5 heterocycles. The highest BCUT2D eigenvalue weighted by Crippen LogP contribution is 2.36. The predicted molar refractivity (Wildman–Crippen MR) is 150 cm³/mol. The molecule has 6 rings (SSSR count). The average Bonchev–Trinajstić information content (AvgIpc) is 3.65. The van der Waals surface area contributed by atoms with Crippen LogP contribution >= 0.6 is 11.6 Å². The van der Waals surface area contributed by atoms with Gasteiger partial charge >= 0.3 is 6.18 Å². The van der Waals surface area contributed by atoms with Gasteiger partial charge in [-0.3, -0.25) is 19.1 Å². The number of carbonyl (C=O) groups excluding carboxylic acids is 2. The summed E-state index contributed by atoms with van der Waals surface area (Å²) in [6, 6.07) is 4.75. The molecular formula is C27H27ClF3N9O3. The van der Waals surface area contributed by atoms with E-state index < -0.39 is 17.5 Å². The number of fused-ring (bicyclic) bond motifs is 1. The molecule has 1 atom stereocenters. The third-order valence-electron chi connectivity index (χ3n) is 7.70. The number of hydrogen-bond acceptors (Lipinski definition) is 8. The number of halogens is 4. The van der Waals surface area contributed by atoms with Crippen molar-refractivity contribution in [2.45, 2.75) is 24.6 Å². The Morgan fingerprint density at radius 2 is 1.86 bits per heavy atom. The van der Waals surface area contributed by atoms with Crippen LogP contribution in [0.15, 0.2) is 43.0 Å².